The molecule has 1 N–H and O–H groups in total. The molecule has 7 nitrogen and oxygen atoms in total. The molecule has 1 aliphatic heterocycles. The Labute approximate surface area is 217 Å². The highest BCUT2D eigenvalue weighted by Gasteiger charge is 2.63. The van der Waals surface area contributed by atoms with Gasteiger partial charge in [0.1, 0.15) is 12.4 Å². The molecule has 0 radical (unpaired) electrons. The van der Waals surface area contributed by atoms with E-state index in [-0.39, 0.29) is 18.6 Å². The number of carbonyl (C=O) groups excluding carboxylic acids is 3. The first kappa shape index (κ1) is 25.9. The van der Waals surface area contributed by atoms with Crippen LogP contribution in [0.1, 0.15) is 43.0 Å². The number of hydrogen-bond acceptors (Lipinski definition) is 5. The highest BCUT2D eigenvalue weighted by atomic mass is 16.5. The Bertz CT molecular complexity index is 1230. The number of imide groups is 1. The maximum Gasteiger partial charge on any atom is 0.330 e. The summed E-state index contributed by atoms with van der Waals surface area (Å²) in [7, 11) is 1.60. The molecular weight excluding hydrogens is 468 g/mol. The number of benzene rings is 3. The molecule has 3 aromatic carbocycles. The fourth-order valence-electron chi connectivity index (χ4n) is 4.63. The summed E-state index contributed by atoms with van der Waals surface area (Å²) >= 11 is 0. The smallest absolute Gasteiger partial charge is 0.330 e. The van der Waals surface area contributed by atoms with Crippen LogP contribution in [0, 0.1) is 5.41 Å². The topological polar surface area (TPSA) is 84.9 Å². The summed E-state index contributed by atoms with van der Waals surface area (Å²) < 4.78 is 10.8. The molecule has 0 spiro atoms. The fourth-order valence-corrected chi connectivity index (χ4v) is 4.63. The Kier molecular flexibility index (Phi) is 7.92. The molecular formula is C30H32N2O5. The van der Waals surface area contributed by atoms with Crippen molar-refractivity contribution in [2.75, 3.05) is 7.11 Å². The first-order valence-corrected chi connectivity index (χ1v) is 12.4. The Morgan fingerprint density at radius 1 is 0.946 bits per heavy atom. The zero-order chi connectivity index (χ0) is 26.4. The van der Waals surface area contributed by atoms with Crippen molar-refractivity contribution >= 4 is 17.9 Å². The van der Waals surface area contributed by atoms with Crippen LogP contribution in [-0.4, -0.2) is 36.0 Å². The maximum atomic E-state index is 13.4. The lowest BCUT2D eigenvalue weighted by Crippen LogP contribution is -2.73. The van der Waals surface area contributed by atoms with Gasteiger partial charge in [-0.15, -0.1) is 0 Å². The van der Waals surface area contributed by atoms with Gasteiger partial charge in [-0.3, -0.25) is 4.79 Å². The number of amides is 3. The van der Waals surface area contributed by atoms with Crippen molar-refractivity contribution in [2.45, 2.75) is 45.4 Å². The molecule has 3 atom stereocenters. The van der Waals surface area contributed by atoms with Crippen LogP contribution >= 0.6 is 0 Å². The summed E-state index contributed by atoms with van der Waals surface area (Å²) in [5, 5.41) is 2.86. The van der Waals surface area contributed by atoms with Gasteiger partial charge in [-0.25, -0.2) is 14.5 Å². The molecule has 0 bridgehead atoms. The van der Waals surface area contributed by atoms with Crippen LogP contribution in [-0.2, 0) is 27.4 Å². The monoisotopic (exact) mass is 500 g/mol. The van der Waals surface area contributed by atoms with Gasteiger partial charge in [0, 0.05) is 0 Å². The van der Waals surface area contributed by atoms with Gasteiger partial charge < -0.3 is 14.8 Å². The molecule has 3 aromatic rings. The van der Waals surface area contributed by atoms with Crippen LogP contribution in [0.25, 0.3) is 0 Å². The summed E-state index contributed by atoms with van der Waals surface area (Å²) in [6.07, 6.45) is 0.950. The molecule has 1 fully saturated rings. The Balaban J connectivity index is 1.51. The number of aryl methyl sites for hydroxylation is 1. The van der Waals surface area contributed by atoms with Crippen LogP contribution in [0.4, 0.5) is 4.79 Å². The summed E-state index contributed by atoms with van der Waals surface area (Å²) in [5.74, 6) is -0.240. The number of ether oxygens (including phenoxy) is 2. The van der Waals surface area contributed by atoms with Crippen molar-refractivity contribution in [1.82, 2.24) is 10.2 Å². The van der Waals surface area contributed by atoms with Crippen LogP contribution in [0.2, 0.25) is 0 Å². The molecule has 0 saturated carbocycles. The van der Waals surface area contributed by atoms with E-state index in [0.717, 1.165) is 27.3 Å². The van der Waals surface area contributed by atoms with E-state index in [2.05, 4.69) is 5.32 Å². The number of β-lactam (4-membered cyclic amide) rings is 1. The largest absolute Gasteiger partial charge is 0.497 e. The zero-order valence-corrected chi connectivity index (χ0v) is 21.3. The number of urea groups is 1. The lowest BCUT2D eigenvalue weighted by molar-refractivity contribution is -0.181. The Hall–Kier alpha value is -4.13. The molecule has 1 saturated heterocycles. The SMILES string of the molecule is COc1ccc(CCC2(C)C(=O)N(C(=O)NC(C)c3ccccc3)C2C(=O)OCc2ccccc2)cc1. The second-order valence-corrected chi connectivity index (χ2v) is 9.52. The average Bonchev–Trinajstić information content (AvgIpc) is 2.94. The third-order valence-corrected chi connectivity index (χ3v) is 6.97. The van der Waals surface area contributed by atoms with Crippen molar-refractivity contribution in [3.63, 3.8) is 0 Å². The van der Waals surface area contributed by atoms with Gasteiger partial charge in [0.05, 0.1) is 18.6 Å². The highest BCUT2D eigenvalue weighted by Crippen LogP contribution is 2.44. The van der Waals surface area contributed by atoms with Gasteiger partial charge in [-0.1, -0.05) is 72.8 Å². The minimum Gasteiger partial charge on any atom is -0.497 e. The highest BCUT2D eigenvalue weighted by molar-refractivity contribution is 6.10. The van der Waals surface area contributed by atoms with E-state index in [4.69, 9.17) is 9.47 Å². The van der Waals surface area contributed by atoms with Crippen molar-refractivity contribution in [1.29, 1.82) is 0 Å². The van der Waals surface area contributed by atoms with Crippen LogP contribution in [0.15, 0.2) is 84.9 Å². The number of likely N-dealkylation sites (tertiary alicyclic amines) is 1. The van der Waals surface area contributed by atoms with Crippen LogP contribution in [0.3, 0.4) is 0 Å². The van der Waals surface area contributed by atoms with E-state index in [1.807, 2.05) is 91.9 Å². The second-order valence-electron chi connectivity index (χ2n) is 9.52. The number of nitrogens with zero attached hydrogens (tertiary/aromatic N) is 1. The van der Waals surface area contributed by atoms with Crippen LogP contribution in [0.5, 0.6) is 5.75 Å². The predicted molar refractivity (Wildman–Crippen MR) is 140 cm³/mol. The van der Waals surface area contributed by atoms with Crippen molar-refractivity contribution in [3.8, 4) is 5.75 Å². The number of methoxy groups -OCH3 is 1. The molecule has 0 aliphatic carbocycles. The lowest BCUT2D eigenvalue weighted by Gasteiger charge is -2.51. The maximum absolute atomic E-state index is 13.4. The average molecular weight is 501 g/mol. The first-order valence-electron chi connectivity index (χ1n) is 12.4. The number of rotatable bonds is 9. The van der Waals surface area contributed by atoms with E-state index < -0.39 is 23.5 Å². The van der Waals surface area contributed by atoms with E-state index in [1.54, 1.807) is 14.0 Å². The fraction of sp³-hybridized carbons (Fsp3) is 0.300. The third-order valence-electron chi connectivity index (χ3n) is 6.97. The number of nitrogens with one attached hydrogen (secondary N) is 1. The van der Waals surface area contributed by atoms with Gasteiger partial charge in [0.15, 0.2) is 6.04 Å². The van der Waals surface area contributed by atoms with Crippen molar-refractivity contribution in [2.24, 2.45) is 5.41 Å². The van der Waals surface area contributed by atoms with E-state index >= 15 is 0 Å². The molecule has 37 heavy (non-hydrogen) atoms. The van der Waals surface area contributed by atoms with Crippen LogP contribution < -0.4 is 10.1 Å². The van der Waals surface area contributed by atoms with Gasteiger partial charge in [-0.05, 0) is 55.5 Å². The van der Waals surface area contributed by atoms with Gasteiger partial charge in [-0.2, -0.15) is 0 Å². The Morgan fingerprint density at radius 3 is 2.19 bits per heavy atom. The molecule has 4 rings (SSSR count). The van der Waals surface area contributed by atoms with E-state index in [9.17, 15) is 14.4 Å². The summed E-state index contributed by atoms with van der Waals surface area (Å²) in [6.45, 7) is 3.63. The number of hydrogen-bond donors (Lipinski definition) is 1. The van der Waals surface area contributed by atoms with Gasteiger partial charge in [0.2, 0.25) is 5.91 Å². The summed E-state index contributed by atoms with van der Waals surface area (Å²) in [4.78, 5) is 40.9. The van der Waals surface area contributed by atoms with Crippen molar-refractivity contribution in [3.05, 3.63) is 102 Å². The normalized spacial score (nSPS) is 19.5. The molecule has 1 aliphatic rings. The molecule has 0 aromatic heterocycles. The van der Waals surface area contributed by atoms with E-state index in [1.165, 1.54) is 0 Å². The molecule has 3 unspecified atom stereocenters. The minimum atomic E-state index is -1.07. The standard InChI is InChI=1S/C30H32N2O5/c1-21(24-12-8-5-9-13-24)31-29(35)32-26(27(33)37-20-23-10-6-4-7-11-23)30(2,28(32)34)19-18-22-14-16-25(36-3)17-15-22/h4-17,21,26H,18-20H2,1-3H3,(H,31,35). The van der Waals surface area contributed by atoms with Gasteiger partial charge in [0.25, 0.3) is 0 Å². The van der Waals surface area contributed by atoms with Gasteiger partial charge >= 0.3 is 12.0 Å². The summed E-state index contributed by atoms with van der Waals surface area (Å²) in [5.41, 5.74) is 1.66. The quantitative estimate of drug-likeness (QED) is 0.328. The minimum absolute atomic E-state index is 0.0643. The first-order chi connectivity index (χ1) is 17.8. The number of esters is 1. The lowest BCUT2D eigenvalue weighted by atomic mass is 9.68. The molecule has 1 heterocycles. The third kappa shape index (κ3) is 5.66. The molecule has 7 heteroatoms. The van der Waals surface area contributed by atoms with E-state index in [0.29, 0.717) is 12.8 Å². The number of carbonyl (C=O) groups is 3. The molecule has 3 amide bonds. The molecule has 192 valence electrons. The predicted octanol–water partition coefficient (Wildman–Crippen LogP) is 5.06. The second kappa shape index (κ2) is 11.3. The Morgan fingerprint density at radius 2 is 1.57 bits per heavy atom. The summed E-state index contributed by atoms with van der Waals surface area (Å²) in [6, 6.07) is 24.4. The zero-order valence-electron chi connectivity index (χ0n) is 21.3. The van der Waals surface area contributed by atoms with Crippen molar-refractivity contribution < 1.29 is 23.9 Å².